The van der Waals surface area contributed by atoms with Gasteiger partial charge in [0, 0.05) is 0 Å². The van der Waals surface area contributed by atoms with Crippen molar-refractivity contribution < 1.29 is 21.6 Å². The van der Waals surface area contributed by atoms with Crippen molar-refractivity contribution in [2.24, 2.45) is 0 Å². The van der Waals surface area contributed by atoms with E-state index in [1.54, 1.807) is 0 Å². The second-order valence-corrected chi connectivity index (χ2v) is 5.55. The van der Waals surface area contributed by atoms with E-state index in [1.807, 2.05) is 6.92 Å². The van der Waals surface area contributed by atoms with E-state index in [-0.39, 0.29) is 0 Å². The zero-order valence-electron chi connectivity index (χ0n) is 9.76. The van der Waals surface area contributed by atoms with Crippen LogP contribution in [-0.4, -0.2) is 13.9 Å². The standard InChI is InChI=1S/C11H17F3O2S/c1-3-5-6-7-8-9-10(4-2)17(15,16)11(12,13)14/h4,9H,2-3,5-8H2,1H3/b10-9+. The molecule has 0 atom stereocenters. The first-order valence-corrected chi connectivity index (χ1v) is 6.89. The summed E-state index contributed by atoms with van der Waals surface area (Å²) in [5.41, 5.74) is -5.25. The van der Waals surface area contributed by atoms with Crippen molar-refractivity contribution in [1.29, 1.82) is 0 Å². The lowest BCUT2D eigenvalue weighted by atomic mass is 10.1. The van der Waals surface area contributed by atoms with E-state index in [9.17, 15) is 21.6 Å². The maximum absolute atomic E-state index is 12.2. The molecule has 6 heteroatoms. The van der Waals surface area contributed by atoms with Gasteiger partial charge >= 0.3 is 5.51 Å². The minimum absolute atomic E-state index is 0.316. The van der Waals surface area contributed by atoms with Crippen LogP contribution >= 0.6 is 0 Å². The van der Waals surface area contributed by atoms with E-state index in [0.717, 1.165) is 31.4 Å². The monoisotopic (exact) mass is 270 g/mol. The predicted molar refractivity (Wildman–Crippen MR) is 62.0 cm³/mol. The van der Waals surface area contributed by atoms with Crippen LogP contribution in [0.1, 0.15) is 39.0 Å². The smallest absolute Gasteiger partial charge is 0.214 e. The molecule has 0 aliphatic heterocycles. The Morgan fingerprint density at radius 1 is 1.24 bits per heavy atom. The summed E-state index contributed by atoms with van der Waals surface area (Å²) in [6.45, 7) is 5.12. The van der Waals surface area contributed by atoms with E-state index in [4.69, 9.17) is 0 Å². The fourth-order valence-corrected chi connectivity index (χ4v) is 2.08. The van der Waals surface area contributed by atoms with E-state index in [2.05, 4.69) is 6.58 Å². The molecule has 0 radical (unpaired) electrons. The van der Waals surface area contributed by atoms with Gasteiger partial charge in [-0.05, 0) is 12.8 Å². The van der Waals surface area contributed by atoms with Gasteiger partial charge in [0.05, 0.1) is 4.91 Å². The van der Waals surface area contributed by atoms with Crippen molar-refractivity contribution in [2.75, 3.05) is 0 Å². The average molecular weight is 270 g/mol. The third-order valence-corrected chi connectivity index (χ3v) is 3.78. The van der Waals surface area contributed by atoms with Gasteiger partial charge in [-0.3, -0.25) is 0 Å². The summed E-state index contributed by atoms with van der Waals surface area (Å²) in [5, 5.41) is 0. The number of sulfone groups is 1. The van der Waals surface area contributed by atoms with Gasteiger partial charge in [0.1, 0.15) is 0 Å². The summed E-state index contributed by atoms with van der Waals surface area (Å²) in [7, 11) is -5.24. The molecule has 0 aromatic rings. The molecular formula is C11H17F3O2S. The van der Waals surface area contributed by atoms with Crippen LogP contribution in [0.3, 0.4) is 0 Å². The lowest BCUT2D eigenvalue weighted by molar-refractivity contribution is -0.0425. The van der Waals surface area contributed by atoms with E-state index in [1.165, 1.54) is 0 Å². The Kier molecular flexibility index (Phi) is 6.52. The highest BCUT2D eigenvalue weighted by Crippen LogP contribution is 2.30. The van der Waals surface area contributed by atoms with Gasteiger partial charge in [0.15, 0.2) is 0 Å². The van der Waals surface area contributed by atoms with Gasteiger partial charge in [0.25, 0.3) is 9.84 Å². The molecular weight excluding hydrogens is 253 g/mol. The zero-order chi connectivity index (χ0) is 13.5. The van der Waals surface area contributed by atoms with Gasteiger partial charge in [0.2, 0.25) is 0 Å². The summed E-state index contributed by atoms with van der Waals surface area (Å²) in [6.07, 6.45) is 5.70. The normalized spacial score (nSPS) is 13.8. The number of hydrogen-bond acceptors (Lipinski definition) is 2. The quantitative estimate of drug-likeness (QED) is 0.518. The van der Waals surface area contributed by atoms with Crippen LogP contribution < -0.4 is 0 Å². The highest BCUT2D eigenvalue weighted by molar-refractivity contribution is 7.96. The van der Waals surface area contributed by atoms with Crippen LogP contribution in [0.4, 0.5) is 13.2 Å². The second-order valence-electron chi connectivity index (χ2n) is 3.61. The summed E-state index contributed by atoms with van der Waals surface area (Å²) in [6, 6.07) is 0. The van der Waals surface area contributed by atoms with Crippen molar-refractivity contribution >= 4 is 9.84 Å². The molecule has 0 saturated carbocycles. The molecule has 100 valence electrons. The molecule has 0 spiro atoms. The third kappa shape index (κ3) is 4.93. The molecule has 0 saturated heterocycles. The molecule has 0 fully saturated rings. The number of alkyl halides is 3. The third-order valence-electron chi connectivity index (χ3n) is 2.22. The minimum Gasteiger partial charge on any atom is -0.214 e. The molecule has 17 heavy (non-hydrogen) atoms. The summed E-state index contributed by atoms with van der Waals surface area (Å²) in [4.78, 5) is -0.749. The van der Waals surface area contributed by atoms with Gasteiger partial charge in [-0.2, -0.15) is 13.2 Å². The van der Waals surface area contributed by atoms with Crippen LogP contribution in [0.25, 0.3) is 0 Å². The van der Waals surface area contributed by atoms with Gasteiger partial charge in [-0.1, -0.05) is 44.9 Å². The fraction of sp³-hybridized carbons (Fsp3) is 0.636. The molecule has 2 nitrogen and oxygen atoms in total. The molecule has 0 aromatic heterocycles. The fourth-order valence-electron chi connectivity index (χ4n) is 1.25. The second kappa shape index (κ2) is 6.83. The van der Waals surface area contributed by atoms with Gasteiger partial charge in [-0.15, -0.1) is 0 Å². The largest absolute Gasteiger partial charge is 0.501 e. The van der Waals surface area contributed by atoms with E-state index >= 15 is 0 Å². The zero-order valence-corrected chi connectivity index (χ0v) is 10.6. The van der Waals surface area contributed by atoms with Crippen molar-refractivity contribution in [3.8, 4) is 0 Å². The van der Waals surface area contributed by atoms with Crippen LogP contribution in [0.5, 0.6) is 0 Å². The molecule has 0 bridgehead atoms. The van der Waals surface area contributed by atoms with Crippen LogP contribution in [0.15, 0.2) is 23.6 Å². The SMILES string of the molecule is C=C/C(=C\CCCCCC)S(=O)(=O)C(F)(F)F. The van der Waals surface area contributed by atoms with E-state index < -0.39 is 20.3 Å². The molecule has 0 N–H and O–H groups in total. The minimum atomic E-state index is -5.25. The number of halogens is 3. The highest BCUT2D eigenvalue weighted by atomic mass is 32.2. The lowest BCUT2D eigenvalue weighted by Crippen LogP contribution is -2.24. The molecule has 0 amide bonds. The van der Waals surface area contributed by atoms with Gasteiger partial charge < -0.3 is 0 Å². The van der Waals surface area contributed by atoms with E-state index in [0.29, 0.717) is 12.8 Å². The van der Waals surface area contributed by atoms with Crippen LogP contribution in [0, 0.1) is 0 Å². The maximum atomic E-state index is 12.2. The van der Waals surface area contributed by atoms with Crippen LogP contribution in [0.2, 0.25) is 0 Å². The first-order chi connectivity index (χ1) is 7.77. The topological polar surface area (TPSA) is 34.1 Å². The predicted octanol–water partition coefficient (Wildman–Crippen LogP) is 3.96. The van der Waals surface area contributed by atoms with Crippen LogP contribution in [-0.2, 0) is 9.84 Å². The number of unbranched alkanes of at least 4 members (excludes halogenated alkanes) is 4. The average Bonchev–Trinajstić information content (AvgIpc) is 2.21. The van der Waals surface area contributed by atoms with Crippen molar-refractivity contribution in [2.45, 2.75) is 44.5 Å². The van der Waals surface area contributed by atoms with Crippen molar-refractivity contribution in [3.63, 3.8) is 0 Å². The Labute approximate surface area is 100 Å². The maximum Gasteiger partial charge on any atom is 0.501 e. The summed E-state index contributed by atoms with van der Waals surface area (Å²) < 4.78 is 58.7. The summed E-state index contributed by atoms with van der Waals surface area (Å²) in [5.74, 6) is 0. The molecule has 0 heterocycles. The lowest BCUT2D eigenvalue weighted by Gasteiger charge is -2.08. The van der Waals surface area contributed by atoms with Gasteiger partial charge in [-0.25, -0.2) is 8.42 Å². The number of rotatable bonds is 7. The molecule has 0 aromatic carbocycles. The Morgan fingerprint density at radius 3 is 2.24 bits per heavy atom. The highest BCUT2D eigenvalue weighted by Gasteiger charge is 2.47. The molecule has 0 rings (SSSR count). The molecule has 0 unspecified atom stereocenters. The molecule has 0 aliphatic rings. The van der Waals surface area contributed by atoms with Crippen molar-refractivity contribution in [1.82, 2.24) is 0 Å². The Hall–Kier alpha value is -0.780. The Bertz CT molecular complexity index is 367. The number of allylic oxidation sites excluding steroid dienone is 2. The van der Waals surface area contributed by atoms with Crippen molar-refractivity contribution in [3.05, 3.63) is 23.6 Å². The Balaban J connectivity index is 4.63. The summed E-state index contributed by atoms with van der Waals surface area (Å²) >= 11 is 0. The first kappa shape index (κ1) is 16.2. The first-order valence-electron chi connectivity index (χ1n) is 5.41. The molecule has 0 aliphatic carbocycles. The number of hydrogen-bond donors (Lipinski definition) is 0. The Morgan fingerprint density at radius 2 is 1.82 bits per heavy atom.